The molecule has 3 N–H and O–H groups in total. The summed E-state index contributed by atoms with van der Waals surface area (Å²) in [6, 6.07) is 19.6. The van der Waals surface area contributed by atoms with E-state index in [1.807, 2.05) is 27.0 Å². The smallest absolute Gasteiger partial charge is 0.410 e. The molecule has 2 aliphatic heterocycles. The Morgan fingerprint density at radius 2 is 1.60 bits per heavy atom. The Morgan fingerprint density at radius 3 is 2.33 bits per heavy atom. The summed E-state index contributed by atoms with van der Waals surface area (Å²) in [5.41, 5.74) is 7.16. The first-order valence-corrected chi connectivity index (χ1v) is 18.5. The largest absolute Gasteiger partial charge is 0.465 e. The van der Waals surface area contributed by atoms with Crippen molar-refractivity contribution in [2.24, 2.45) is 5.41 Å². The van der Waals surface area contributed by atoms with Gasteiger partial charge in [-0.05, 0) is 104 Å². The van der Waals surface area contributed by atoms with Crippen LogP contribution in [0.3, 0.4) is 0 Å². The van der Waals surface area contributed by atoms with E-state index in [9.17, 15) is 14.7 Å². The Balaban J connectivity index is 1.04. The molecule has 0 bridgehead atoms. The van der Waals surface area contributed by atoms with Gasteiger partial charge in [-0.3, -0.25) is 9.80 Å². The van der Waals surface area contributed by atoms with Crippen molar-refractivity contribution in [1.82, 2.24) is 29.7 Å². The van der Waals surface area contributed by atoms with Gasteiger partial charge >= 0.3 is 12.2 Å². The zero-order chi connectivity index (χ0) is 36.6. The van der Waals surface area contributed by atoms with Crippen LogP contribution < -0.4 is 0 Å². The highest BCUT2D eigenvalue weighted by Crippen LogP contribution is 2.51. The molecule has 2 atom stereocenters. The van der Waals surface area contributed by atoms with Crippen molar-refractivity contribution in [2.45, 2.75) is 97.2 Å². The normalized spacial score (nSPS) is 20.3. The van der Waals surface area contributed by atoms with Crippen LogP contribution in [-0.2, 0) is 23.1 Å². The minimum absolute atomic E-state index is 0.125. The molecule has 3 aliphatic rings. The SMILES string of the molecule is CC(C)(C)OC(=O)N1CCC[C@H]1c1ncc(-c2ccc3cc(-c4ccc5c(c4)CCc4nc([C@@]6(C(C)(C)C)CCCN6C(=O)O)[nH]c4-5)ccc3c2)[nH]1. The van der Waals surface area contributed by atoms with Crippen LogP contribution in [0.2, 0.25) is 0 Å². The first kappa shape index (κ1) is 34.0. The average Bonchev–Trinajstić information content (AvgIpc) is 3.91. The Kier molecular flexibility index (Phi) is 8.00. The first-order valence-electron chi connectivity index (χ1n) is 18.5. The molecule has 0 radical (unpaired) electrons. The van der Waals surface area contributed by atoms with Crippen molar-refractivity contribution >= 4 is 23.0 Å². The molecule has 4 heterocycles. The summed E-state index contributed by atoms with van der Waals surface area (Å²) in [7, 11) is 0. The molecule has 8 rings (SSSR count). The summed E-state index contributed by atoms with van der Waals surface area (Å²) < 4.78 is 5.66. The third kappa shape index (κ3) is 5.72. The van der Waals surface area contributed by atoms with E-state index in [1.165, 1.54) is 5.56 Å². The van der Waals surface area contributed by atoms with Gasteiger partial charge in [0.05, 0.1) is 29.3 Å². The van der Waals surface area contributed by atoms with Gasteiger partial charge in [-0.25, -0.2) is 19.6 Å². The molecule has 1 aliphatic carbocycles. The van der Waals surface area contributed by atoms with Gasteiger partial charge in [0, 0.05) is 24.2 Å². The molecule has 270 valence electrons. The second-order valence-electron chi connectivity index (χ2n) is 16.7. The number of hydrogen-bond acceptors (Lipinski definition) is 5. The van der Waals surface area contributed by atoms with E-state index in [2.05, 4.69) is 85.3 Å². The molecule has 2 amide bonds. The van der Waals surface area contributed by atoms with E-state index in [4.69, 9.17) is 14.7 Å². The molecule has 52 heavy (non-hydrogen) atoms. The molecule has 2 aromatic heterocycles. The number of hydrogen-bond donors (Lipinski definition) is 3. The number of carbonyl (C=O) groups excluding carboxylic acids is 1. The average molecular weight is 701 g/mol. The van der Waals surface area contributed by atoms with Crippen LogP contribution in [0.4, 0.5) is 9.59 Å². The summed E-state index contributed by atoms with van der Waals surface area (Å²) in [5, 5.41) is 12.4. The standard InChI is InChI=1S/C42H48N6O4/c1-40(2,3)42(18-8-20-48(42)38(49)50)37-45-32-17-15-29-22-28(14-16-31(29)35(32)46-37)25-10-11-27-23-30(13-12-26(27)21-25)33-24-43-36(44-33)34-9-7-19-47(34)39(51)52-41(4,5)6/h10-14,16,21-24,34H,7-9,15,17-20H2,1-6H3,(H,43,44)(H,45,46)(H,49,50)/t34-,42+/m0/s1. The third-order valence-corrected chi connectivity index (χ3v) is 11.3. The molecule has 0 saturated carbocycles. The highest BCUT2D eigenvalue weighted by molar-refractivity contribution is 5.91. The monoisotopic (exact) mass is 700 g/mol. The molecular formula is C42H48N6O4. The Bertz CT molecular complexity index is 2200. The molecule has 0 spiro atoms. The lowest BCUT2D eigenvalue weighted by atomic mass is 9.71. The number of imidazole rings is 2. The maximum absolute atomic E-state index is 12.9. The van der Waals surface area contributed by atoms with Crippen LogP contribution in [0, 0.1) is 5.41 Å². The maximum atomic E-state index is 12.9. The van der Waals surface area contributed by atoms with E-state index in [0.29, 0.717) is 13.1 Å². The van der Waals surface area contributed by atoms with Gasteiger partial charge in [0.25, 0.3) is 0 Å². The lowest BCUT2D eigenvalue weighted by Crippen LogP contribution is -2.53. The van der Waals surface area contributed by atoms with Gasteiger partial charge in [-0.15, -0.1) is 0 Å². The number of aryl methyl sites for hydroxylation is 2. The predicted octanol–water partition coefficient (Wildman–Crippen LogP) is 9.47. The van der Waals surface area contributed by atoms with Gasteiger partial charge in [-0.1, -0.05) is 63.2 Å². The van der Waals surface area contributed by atoms with Crippen molar-refractivity contribution < 1.29 is 19.4 Å². The molecule has 0 unspecified atom stereocenters. The summed E-state index contributed by atoms with van der Waals surface area (Å²) in [5.74, 6) is 1.55. The van der Waals surface area contributed by atoms with Crippen molar-refractivity contribution in [3.8, 4) is 33.6 Å². The van der Waals surface area contributed by atoms with Crippen LogP contribution >= 0.6 is 0 Å². The minimum atomic E-state index is -0.888. The van der Waals surface area contributed by atoms with Crippen LogP contribution in [0.15, 0.2) is 60.8 Å². The van der Waals surface area contributed by atoms with Crippen molar-refractivity contribution in [1.29, 1.82) is 0 Å². The number of rotatable bonds is 4. The summed E-state index contributed by atoms with van der Waals surface area (Å²) in [6.07, 6.45) is 5.71. The number of likely N-dealkylation sites (tertiary alicyclic amines) is 2. The number of aromatic nitrogens is 4. The maximum Gasteiger partial charge on any atom is 0.410 e. The van der Waals surface area contributed by atoms with E-state index < -0.39 is 17.2 Å². The van der Waals surface area contributed by atoms with Gasteiger partial charge in [0.15, 0.2) is 0 Å². The highest BCUT2D eigenvalue weighted by Gasteiger charge is 2.55. The highest BCUT2D eigenvalue weighted by atomic mass is 16.6. The van der Waals surface area contributed by atoms with E-state index in [1.54, 1.807) is 9.80 Å². The van der Waals surface area contributed by atoms with Gasteiger partial charge in [-0.2, -0.15) is 0 Å². The molecule has 10 nitrogen and oxygen atoms in total. The molecular weight excluding hydrogens is 653 g/mol. The van der Waals surface area contributed by atoms with Crippen LogP contribution in [0.1, 0.15) is 96.2 Å². The van der Waals surface area contributed by atoms with Crippen molar-refractivity contribution in [3.05, 3.63) is 83.7 Å². The van der Waals surface area contributed by atoms with E-state index in [-0.39, 0.29) is 17.6 Å². The fraction of sp³-hybridized carbons (Fsp3) is 0.429. The number of H-pyrrole nitrogens is 2. The zero-order valence-corrected chi connectivity index (χ0v) is 31.0. The molecule has 3 aromatic carbocycles. The number of ether oxygens (including phenoxy) is 1. The quantitative estimate of drug-likeness (QED) is 0.171. The van der Waals surface area contributed by atoms with Crippen LogP contribution in [0.25, 0.3) is 44.4 Å². The fourth-order valence-electron chi connectivity index (χ4n) is 8.78. The number of fused-ring (bicyclic) bond motifs is 4. The Morgan fingerprint density at radius 1 is 0.885 bits per heavy atom. The summed E-state index contributed by atoms with van der Waals surface area (Å²) >= 11 is 0. The van der Waals surface area contributed by atoms with E-state index in [0.717, 1.165) is 100 Å². The van der Waals surface area contributed by atoms with Crippen LogP contribution in [-0.4, -0.2) is 65.7 Å². The number of carboxylic acid groups (broad SMARTS) is 1. The Hall–Kier alpha value is -5.12. The number of carbonyl (C=O) groups is 2. The second-order valence-corrected chi connectivity index (χ2v) is 16.7. The van der Waals surface area contributed by atoms with Gasteiger partial charge in [0.2, 0.25) is 0 Å². The van der Waals surface area contributed by atoms with Gasteiger partial charge in [0.1, 0.15) is 22.8 Å². The summed E-state index contributed by atoms with van der Waals surface area (Å²) in [6.45, 7) is 13.2. The fourth-order valence-corrected chi connectivity index (χ4v) is 8.78. The Labute approximate surface area is 304 Å². The predicted molar refractivity (Wildman–Crippen MR) is 202 cm³/mol. The number of aromatic amines is 2. The first-order chi connectivity index (χ1) is 24.7. The van der Waals surface area contributed by atoms with Crippen LogP contribution in [0.5, 0.6) is 0 Å². The zero-order valence-electron chi connectivity index (χ0n) is 31.0. The third-order valence-electron chi connectivity index (χ3n) is 11.3. The molecule has 2 fully saturated rings. The minimum Gasteiger partial charge on any atom is -0.465 e. The molecule has 2 saturated heterocycles. The topological polar surface area (TPSA) is 127 Å². The van der Waals surface area contributed by atoms with Gasteiger partial charge < -0.3 is 19.8 Å². The van der Waals surface area contributed by atoms with E-state index >= 15 is 0 Å². The lowest BCUT2D eigenvalue weighted by Gasteiger charge is -2.45. The lowest BCUT2D eigenvalue weighted by molar-refractivity contribution is 0.0213. The van der Waals surface area contributed by atoms with Crippen molar-refractivity contribution in [2.75, 3.05) is 13.1 Å². The second kappa shape index (κ2) is 12.2. The number of amides is 2. The van der Waals surface area contributed by atoms with Crippen molar-refractivity contribution in [3.63, 3.8) is 0 Å². The number of nitrogens with zero attached hydrogens (tertiary/aromatic N) is 4. The molecule has 10 heteroatoms. The summed E-state index contributed by atoms with van der Waals surface area (Å²) in [4.78, 5) is 45.6. The molecule has 5 aromatic rings. The number of benzene rings is 3. The number of nitrogens with one attached hydrogen (secondary N) is 2.